The smallest absolute Gasteiger partial charge is 0.231 e. The van der Waals surface area contributed by atoms with Crippen LogP contribution in [0.2, 0.25) is 0 Å². The van der Waals surface area contributed by atoms with E-state index in [9.17, 15) is 4.79 Å². The fourth-order valence-electron chi connectivity index (χ4n) is 4.65. The lowest BCUT2D eigenvalue weighted by Gasteiger charge is -2.23. The average molecular weight is 472 g/mol. The number of amides is 1. The third-order valence-electron chi connectivity index (χ3n) is 6.71. The molecular formula is C29H37N5O. The molecule has 2 heterocycles. The number of hydrogen-bond acceptors (Lipinski definition) is 5. The van der Waals surface area contributed by atoms with Crippen LogP contribution in [0.3, 0.4) is 0 Å². The summed E-state index contributed by atoms with van der Waals surface area (Å²) in [6, 6.07) is 22.8. The van der Waals surface area contributed by atoms with Gasteiger partial charge in [0, 0.05) is 52.5 Å². The first-order valence-corrected chi connectivity index (χ1v) is 12.6. The van der Waals surface area contributed by atoms with Crippen molar-refractivity contribution in [2.75, 3.05) is 55.4 Å². The zero-order valence-corrected chi connectivity index (χ0v) is 21.2. The number of carbonyl (C=O) groups excluding carboxylic acids is 1. The minimum atomic E-state index is -0.161. The van der Waals surface area contributed by atoms with Crippen LogP contribution in [-0.4, -0.2) is 56.1 Å². The molecule has 1 amide bonds. The second-order valence-corrected chi connectivity index (χ2v) is 9.44. The molecule has 3 aromatic rings. The van der Waals surface area contributed by atoms with Crippen molar-refractivity contribution in [3.8, 4) is 0 Å². The van der Waals surface area contributed by atoms with Crippen LogP contribution in [0, 0.1) is 0 Å². The molecule has 6 nitrogen and oxygen atoms in total. The fraction of sp³-hybridized carbons (Fsp3) is 0.379. The Morgan fingerprint density at radius 3 is 2.40 bits per heavy atom. The molecule has 0 spiro atoms. The summed E-state index contributed by atoms with van der Waals surface area (Å²) in [6.07, 6.45) is 3.64. The molecule has 6 heteroatoms. The molecule has 1 saturated heterocycles. The maximum absolute atomic E-state index is 12.9. The zero-order chi connectivity index (χ0) is 24.6. The van der Waals surface area contributed by atoms with Crippen LogP contribution in [0.5, 0.6) is 0 Å². The number of hydrogen-bond donors (Lipinski definition) is 1. The van der Waals surface area contributed by atoms with E-state index >= 15 is 0 Å². The second kappa shape index (κ2) is 11.8. The molecule has 1 fully saturated rings. The first-order chi connectivity index (χ1) is 17.0. The lowest BCUT2D eigenvalue weighted by Crippen LogP contribution is -2.31. The van der Waals surface area contributed by atoms with E-state index < -0.39 is 0 Å². The van der Waals surface area contributed by atoms with Gasteiger partial charge in [0.2, 0.25) is 5.91 Å². The van der Waals surface area contributed by atoms with Gasteiger partial charge in [-0.15, -0.1) is 0 Å². The number of pyridine rings is 1. The average Bonchev–Trinajstić information content (AvgIpc) is 3.11. The van der Waals surface area contributed by atoms with Gasteiger partial charge in [-0.2, -0.15) is 0 Å². The highest BCUT2D eigenvalue weighted by molar-refractivity contribution is 5.95. The fourth-order valence-corrected chi connectivity index (χ4v) is 4.65. The van der Waals surface area contributed by atoms with Gasteiger partial charge in [-0.1, -0.05) is 49.4 Å². The van der Waals surface area contributed by atoms with Crippen LogP contribution in [0.15, 0.2) is 72.9 Å². The Labute approximate surface area is 209 Å². The van der Waals surface area contributed by atoms with E-state index in [1.165, 1.54) is 11.3 Å². The number of carbonyl (C=O) groups is 1. The zero-order valence-electron chi connectivity index (χ0n) is 21.2. The van der Waals surface area contributed by atoms with E-state index in [2.05, 4.69) is 63.4 Å². The summed E-state index contributed by atoms with van der Waals surface area (Å²) in [5.41, 5.74) is 4.36. The third kappa shape index (κ3) is 6.61. The molecule has 0 saturated carbocycles. The van der Waals surface area contributed by atoms with Crippen molar-refractivity contribution in [2.45, 2.75) is 32.2 Å². The highest BCUT2D eigenvalue weighted by atomic mass is 16.1. The number of aromatic nitrogens is 1. The molecule has 1 N–H and O–H groups in total. The summed E-state index contributed by atoms with van der Waals surface area (Å²) in [4.78, 5) is 24.5. The Hall–Kier alpha value is -3.38. The van der Waals surface area contributed by atoms with Crippen molar-refractivity contribution in [1.82, 2.24) is 9.88 Å². The Morgan fingerprint density at radius 1 is 0.971 bits per heavy atom. The van der Waals surface area contributed by atoms with E-state index in [1.54, 1.807) is 6.20 Å². The summed E-state index contributed by atoms with van der Waals surface area (Å²) >= 11 is 0. The summed E-state index contributed by atoms with van der Waals surface area (Å²) < 4.78 is 0. The molecule has 184 valence electrons. The molecule has 4 rings (SSSR count). The number of nitrogens with one attached hydrogen (secondary N) is 1. The molecular weight excluding hydrogens is 434 g/mol. The summed E-state index contributed by atoms with van der Waals surface area (Å²) in [7, 11) is 4.14. The van der Waals surface area contributed by atoms with Crippen molar-refractivity contribution in [2.24, 2.45) is 0 Å². The van der Waals surface area contributed by atoms with E-state index in [-0.39, 0.29) is 11.8 Å². The van der Waals surface area contributed by atoms with Crippen LogP contribution in [0.25, 0.3) is 0 Å². The van der Waals surface area contributed by atoms with Gasteiger partial charge in [0.15, 0.2) is 0 Å². The molecule has 0 unspecified atom stereocenters. The van der Waals surface area contributed by atoms with Crippen molar-refractivity contribution >= 4 is 23.1 Å². The standard InChI is InChI=1S/C29H37N5O/c1-4-27(24-9-6-5-7-10-24)29(35)31-25-13-16-28(30-21-25)34-18-8-17-33(19-20-34)22-23-11-14-26(15-12-23)32(2)3/h5-7,9-16,21,27H,4,8,17-20,22H2,1-3H3,(H,31,35)/t27-/m0/s1. The number of anilines is 3. The monoisotopic (exact) mass is 471 g/mol. The lowest BCUT2D eigenvalue weighted by molar-refractivity contribution is -0.117. The molecule has 0 radical (unpaired) electrons. The number of benzene rings is 2. The van der Waals surface area contributed by atoms with E-state index in [1.807, 2.05) is 49.4 Å². The van der Waals surface area contributed by atoms with Gasteiger partial charge in [-0.25, -0.2) is 4.98 Å². The Kier molecular flexibility index (Phi) is 8.37. The first-order valence-electron chi connectivity index (χ1n) is 12.6. The largest absolute Gasteiger partial charge is 0.378 e. The molecule has 1 aliphatic rings. The van der Waals surface area contributed by atoms with Gasteiger partial charge in [-0.05, 0) is 48.2 Å². The van der Waals surface area contributed by atoms with Gasteiger partial charge in [0.05, 0.1) is 17.8 Å². The van der Waals surface area contributed by atoms with Gasteiger partial charge < -0.3 is 15.1 Å². The molecule has 0 bridgehead atoms. The predicted molar refractivity (Wildman–Crippen MR) is 145 cm³/mol. The van der Waals surface area contributed by atoms with E-state index in [0.717, 1.165) is 62.6 Å². The van der Waals surface area contributed by atoms with Crippen molar-refractivity contribution in [3.05, 3.63) is 84.1 Å². The summed E-state index contributed by atoms with van der Waals surface area (Å²) in [5.74, 6) is 0.819. The quantitative estimate of drug-likeness (QED) is 0.502. The van der Waals surface area contributed by atoms with Crippen molar-refractivity contribution in [3.63, 3.8) is 0 Å². The highest BCUT2D eigenvalue weighted by Gasteiger charge is 2.19. The van der Waals surface area contributed by atoms with Crippen LogP contribution < -0.4 is 15.1 Å². The normalized spacial score (nSPS) is 15.3. The van der Waals surface area contributed by atoms with E-state index in [4.69, 9.17) is 0 Å². The molecule has 1 atom stereocenters. The SMILES string of the molecule is CC[C@H](C(=O)Nc1ccc(N2CCCN(Cc3ccc(N(C)C)cc3)CC2)nc1)c1ccccc1. The molecule has 35 heavy (non-hydrogen) atoms. The minimum absolute atomic E-state index is 0.0114. The molecule has 2 aromatic carbocycles. The van der Waals surface area contributed by atoms with Gasteiger partial charge >= 0.3 is 0 Å². The van der Waals surface area contributed by atoms with Gasteiger partial charge in [0.25, 0.3) is 0 Å². The van der Waals surface area contributed by atoms with Crippen LogP contribution in [0.1, 0.15) is 36.8 Å². The van der Waals surface area contributed by atoms with Crippen molar-refractivity contribution in [1.29, 1.82) is 0 Å². The minimum Gasteiger partial charge on any atom is -0.378 e. The van der Waals surface area contributed by atoms with Crippen LogP contribution in [0.4, 0.5) is 17.2 Å². The summed E-state index contributed by atoms with van der Waals surface area (Å²) in [5, 5.41) is 3.05. The Bertz CT molecular complexity index is 1070. The van der Waals surface area contributed by atoms with Gasteiger partial charge in [-0.3, -0.25) is 9.69 Å². The van der Waals surface area contributed by atoms with Crippen LogP contribution >= 0.6 is 0 Å². The molecule has 1 aromatic heterocycles. The summed E-state index contributed by atoms with van der Waals surface area (Å²) in [6.45, 7) is 7.03. The van der Waals surface area contributed by atoms with Crippen molar-refractivity contribution < 1.29 is 4.79 Å². The maximum atomic E-state index is 12.9. The second-order valence-electron chi connectivity index (χ2n) is 9.44. The Morgan fingerprint density at radius 2 is 1.74 bits per heavy atom. The number of nitrogens with zero attached hydrogens (tertiary/aromatic N) is 4. The van der Waals surface area contributed by atoms with Crippen LogP contribution in [-0.2, 0) is 11.3 Å². The lowest BCUT2D eigenvalue weighted by atomic mass is 9.95. The van der Waals surface area contributed by atoms with Gasteiger partial charge in [0.1, 0.15) is 5.82 Å². The Balaban J connectivity index is 1.31. The predicted octanol–water partition coefficient (Wildman–Crippen LogP) is 4.99. The molecule has 0 aliphatic carbocycles. The first kappa shape index (κ1) is 24.7. The third-order valence-corrected chi connectivity index (χ3v) is 6.71. The molecule has 1 aliphatic heterocycles. The number of rotatable bonds is 8. The maximum Gasteiger partial charge on any atom is 0.231 e. The topological polar surface area (TPSA) is 51.7 Å². The highest BCUT2D eigenvalue weighted by Crippen LogP contribution is 2.23. The van der Waals surface area contributed by atoms with E-state index in [0.29, 0.717) is 0 Å².